The molecular formula is C20H24ClNO4. The fraction of sp³-hybridized carbons (Fsp3) is 0.650. The zero-order valence-electron chi connectivity index (χ0n) is 14.6. The van der Waals surface area contributed by atoms with Gasteiger partial charge in [-0.15, -0.1) is 12.4 Å². The van der Waals surface area contributed by atoms with Gasteiger partial charge in [0.25, 0.3) is 0 Å². The number of carbonyl (C=O) groups excluding carboxylic acids is 1. The summed E-state index contributed by atoms with van der Waals surface area (Å²) in [4.78, 5) is 15.2. The first-order valence-electron chi connectivity index (χ1n) is 9.56. The number of benzene rings is 1. The Kier molecular flexibility index (Phi) is 3.34. The lowest BCUT2D eigenvalue weighted by Crippen LogP contribution is -2.76. The van der Waals surface area contributed by atoms with Crippen LogP contribution in [0.5, 0.6) is 11.5 Å². The number of aliphatic hydroxyl groups is 1. The van der Waals surface area contributed by atoms with E-state index in [1.165, 1.54) is 12.8 Å². The van der Waals surface area contributed by atoms with Gasteiger partial charge < -0.3 is 14.9 Å². The Morgan fingerprint density at radius 1 is 1.27 bits per heavy atom. The van der Waals surface area contributed by atoms with Crippen molar-refractivity contribution in [2.24, 2.45) is 5.92 Å². The van der Waals surface area contributed by atoms with E-state index in [0.717, 1.165) is 43.0 Å². The Labute approximate surface area is 158 Å². The third-order valence-corrected chi connectivity index (χ3v) is 7.56. The Morgan fingerprint density at radius 2 is 2.08 bits per heavy atom. The summed E-state index contributed by atoms with van der Waals surface area (Å²) in [5.41, 5.74) is 0.454. The van der Waals surface area contributed by atoms with E-state index >= 15 is 0 Å². The second-order valence-electron chi connectivity index (χ2n) is 8.72. The topological polar surface area (TPSA) is 70.0 Å². The third-order valence-electron chi connectivity index (χ3n) is 7.56. The Bertz CT molecular complexity index is 809. The fourth-order valence-corrected chi connectivity index (χ4v) is 6.26. The van der Waals surface area contributed by atoms with Crippen molar-refractivity contribution in [2.45, 2.75) is 61.7 Å². The minimum Gasteiger partial charge on any atom is -0.504 e. The number of rotatable bonds is 2. The molecule has 3 fully saturated rings. The van der Waals surface area contributed by atoms with Crippen molar-refractivity contribution in [1.29, 1.82) is 0 Å². The highest BCUT2D eigenvalue weighted by Crippen LogP contribution is 2.64. The molecule has 2 N–H and O–H groups in total. The van der Waals surface area contributed by atoms with Gasteiger partial charge in [-0.1, -0.05) is 6.07 Å². The molecule has 140 valence electrons. The quantitative estimate of drug-likeness (QED) is 0.824. The number of ketones is 1. The van der Waals surface area contributed by atoms with E-state index < -0.39 is 17.1 Å². The molecule has 1 spiro atoms. The van der Waals surface area contributed by atoms with Gasteiger partial charge in [0, 0.05) is 24.6 Å². The Morgan fingerprint density at radius 3 is 2.85 bits per heavy atom. The third kappa shape index (κ3) is 1.77. The van der Waals surface area contributed by atoms with E-state index in [1.807, 2.05) is 6.07 Å². The zero-order valence-corrected chi connectivity index (χ0v) is 15.4. The first kappa shape index (κ1) is 16.8. The van der Waals surface area contributed by atoms with Crippen LogP contribution in [0.2, 0.25) is 0 Å². The van der Waals surface area contributed by atoms with Crippen LogP contribution < -0.4 is 4.74 Å². The molecule has 2 aliphatic heterocycles. The normalized spacial score (nSPS) is 39.8. The van der Waals surface area contributed by atoms with Crippen molar-refractivity contribution in [3.05, 3.63) is 23.3 Å². The molecule has 2 heterocycles. The molecule has 5 aliphatic rings. The minimum absolute atomic E-state index is 0. The second-order valence-corrected chi connectivity index (χ2v) is 8.72. The number of hydrogen-bond donors (Lipinski definition) is 2. The van der Waals surface area contributed by atoms with Crippen LogP contribution in [0.4, 0.5) is 0 Å². The monoisotopic (exact) mass is 377 g/mol. The summed E-state index contributed by atoms with van der Waals surface area (Å²) in [6.07, 6.45) is 4.33. The summed E-state index contributed by atoms with van der Waals surface area (Å²) in [5, 5.41) is 22.3. The second kappa shape index (κ2) is 5.15. The van der Waals surface area contributed by atoms with Crippen molar-refractivity contribution in [3.63, 3.8) is 0 Å². The number of halogens is 1. The van der Waals surface area contributed by atoms with E-state index in [4.69, 9.17) is 4.74 Å². The number of likely N-dealkylation sites (tertiary alicyclic amines) is 1. The number of nitrogens with zero attached hydrogens (tertiary/aromatic N) is 1. The summed E-state index contributed by atoms with van der Waals surface area (Å²) < 4.78 is 6.04. The molecule has 1 aromatic carbocycles. The fourth-order valence-electron chi connectivity index (χ4n) is 6.26. The van der Waals surface area contributed by atoms with Crippen LogP contribution in [0.3, 0.4) is 0 Å². The first-order valence-corrected chi connectivity index (χ1v) is 9.56. The largest absolute Gasteiger partial charge is 0.504 e. The van der Waals surface area contributed by atoms with E-state index in [1.54, 1.807) is 6.07 Å². The van der Waals surface area contributed by atoms with Gasteiger partial charge in [-0.2, -0.15) is 0 Å². The summed E-state index contributed by atoms with van der Waals surface area (Å²) in [6.45, 7) is 1.95. The molecule has 2 bridgehead atoms. The van der Waals surface area contributed by atoms with E-state index in [0.29, 0.717) is 18.6 Å². The molecule has 6 rings (SSSR count). The first-order chi connectivity index (χ1) is 12.0. The van der Waals surface area contributed by atoms with Gasteiger partial charge in [0.1, 0.15) is 0 Å². The van der Waals surface area contributed by atoms with Gasteiger partial charge in [0.15, 0.2) is 23.4 Å². The predicted octanol–water partition coefficient (Wildman–Crippen LogP) is 1.95. The van der Waals surface area contributed by atoms with Crippen LogP contribution in [0.25, 0.3) is 0 Å². The van der Waals surface area contributed by atoms with Crippen molar-refractivity contribution >= 4 is 18.2 Å². The number of phenols is 1. The molecule has 5 nitrogen and oxygen atoms in total. The van der Waals surface area contributed by atoms with Gasteiger partial charge in [0.2, 0.25) is 0 Å². The van der Waals surface area contributed by atoms with Gasteiger partial charge >= 0.3 is 0 Å². The summed E-state index contributed by atoms with van der Waals surface area (Å²) in [7, 11) is 0. The number of phenolic OH excluding ortho intramolecular Hbond substituents is 1. The molecule has 2 saturated carbocycles. The van der Waals surface area contributed by atoms with Crippen LogP contribution in [-0.2, 0) is 16.6 Å². The van der Waals surface area contributed by atoms with E-state index in [-0.39, 0.29) is 30.0 Å². The number of ether oxygens (including phenoxy) is 1. The highest BCUT2D eigenvalue weighted by Gasteiger charge is 2.73. The number of Topliss-reactive ketones (excluding diaryl/α,β-unsaturated/α-hetero) is 1. The van der Waals surface area contributed by atoms with Gasteiger partial charge in [-0.3, -0.25) is 9.69 Å². The smallest absolute Gasteiger partial charge is 0.174 e. The SMILES string of the molecule is Cl.O=C1CC[C@@]2(O)C3Cc4ccc(O)c5c4C2(CCN3CC2CC2)[C@H]1O5. The lowest BCUT2D eigenvalue weighted by molar-refractivity contribution is -0.188. The summed E-state index contributed by atoms with van der Waals surface area (Å²) >= 11 is 0. The van der Waals surface area contributed by atoms with Gasteiger partial charge in [0.05, 0.1) is 11.0 Å². The lowest BCUT2D eigenvalue weighted by atomic mass is 9.49. The van der Waals surface area contributed by atoms with Gasteiger partial charge in [-0.25, -0.2) is 0 Å². The maximum absolute atomic E-state index is 12.7. The van der Waals surface area contributed by atoms with Crippen LogP contribution in [-0.4, -0.2) is 51.7 Å². The molecule has 2 unspecified atom stereocenters. The molecule has 0 amide bonds. The molecular weight excluding hydrogens is 354 g/mol. The van der Waals surface area contributed by atoms with Crippen molar-refractivity contribution in [2.75, 3.05) is 13.1 Å². The highest BCUT2D eigenvalue weighted by atomic mass is 35.5. The number of hydrogen-bond acceptors (Lipinski definition) is 5. The molecule has 1 aromatic rings. The molecule has 0 aromatic heterocycles. The van der Waals surface area contributed by atoms with E-state index in [2.05, 4.69) is 4.90 Å². The summed E-state index contributed by atoms with van der Waals surface area (Å²) in [5.74, 6) is 1.39. The Balaban J connectivity index is 0.00000150. The summed E-state index contributed by atoms with van der Waals surface area (Å²) in [6, 6.07) is 3.69. The molecule has 1 saturated heterocycles. The molecule has 6 heteroatoms. The maximum atomic E-state index is 12.7. The number of carbonyl (C=O) groups is 1. The maximum Gasteiger partial charge on any atom is 0.174 e. The average Bonchev–Trinajstić information content (AvgIpc) is 3.32. The molecule has 4 atom stereocenters. The highest BCUT2D eigenvalue weighted by molar-refractivity contribution is 5.90. The predicted molar refractivity (Wildman–Crippen MR) is 97.0 cm³/mol. The van der Waals surface area contributed by atoms with Crippen molar-refractivity contribution < 1.29 is 19.7 Å². The average molecular weight is 378 g/mol. The number of aromatic hydroxyl groups is 1. The molecule has 0 radical (unpaired) electrons. The Hall–Kier alpha value is -1.30. The molecule has 3 aliphatic carbocycles. The van der Waals surface area contributed by atoms with Crippen molar-refractivity contribution in [1.82, 2.24) is 4.90 Å². The lowest BCUT2D eigenvalue weighted by Gasteiger charge is -2.62. The standard InChI is InChI=1S/C20H23NO4.ClH/c22-13-4-3-12-9-15-20(24)6-5-14(23)18-19(20,16(12)17(13)25-18)7-8-21(15)10-11-1-2-11;/h3-4,11,15,18,22,24H,1-2,5-10H2;1H/t15?,18-,19?,20+;/m0./s1. The van der Waals surface area contributed by atoms with Crippen LogP contribution in [0.1, 0.15) is 43.2 Å². The van der Waals surface area contributed by atoms with Gasteiger partial charge in [-0.05, 0) is 56.2 Å². The van der Waals surface area contributed by atoms with Crippen LogP contribution in [0, 0.1) is 5.92 Å². The van der Waals surface area contributed by atoms with Crippen LogP contribution >= 0.6 is 12.4 Å². The minimum atomic E-state index is -0.940. The van der Waals surface area contributed by atoms with E-state index in [9.17, 15) is 15.0 Å². The zero-order chi connectivity index (χ0) is 17.0. The van der Waals surface area contributed by atoms with Crippen molar-refractivity contribution in [3.8, 4) is 11.5 Å². The molecule has 26 heavy (non-hydrogen) atoms. The number of piperidine rings is 1. The van der Waals surface area contributed by atoms with Crippen LogP contribution in [0.15, 0.2) is 12.1 Å².